The molecule has 0 bridgehead atoms. The molecule has 2 N–H and O–H groups in total. The first-order valence-corrected chi connectivity index (χ1v) is 7.35. The van der Waals surface area contributed by atoms with Crippen LogP contribution in [-0.2, 0) is 4.79 Å². The van der Waals surface area contributed by atoms with Gasteiger partial charge in [-0.1, -0.05) is 38.1 Å². The smallest absolute Gasteiger partial charge is 0.253 e. The molecule has 20 heavy (non-hydrogen) atoms. The Labute approximate surface area is 119 Å². The highest BCUT2D eigenvalue weighted by atomic mass is 16.2. The summed E-state index contributed by atoms with van der Waals surface area (Å²) < 4.78 is 0. The quantitative estimate of drug-likeness (QED) is 0.883. The highest BCUT2D eigenvalue weighted by Gasteiger charge is 2.30. The SMILES string of the molecule is CC(C)CN=C1NC(=O)C(c2ccc(C3CC3)cc2)N1. The van der Waals surface area contributed by atoms with Gasteiger partial charge >= 0.3 is 0 Å². The molecule has 1 saturated carbocycles. The number of hydrogen-bond acceptors (Lipinski definition) is 2. The van der Waals surface area contributed by atoms with Crippen LogP contribution in [0.4, 0.5) is 0 Å². The van der Waals surface area contributed by atoms with Crippen molar-refractivity contribution < 1.29 is 4.79 Å². The van der Waals surface area contributed by atoms with Crippen LogP contribution in [0.1, 0.15) is 49.8 Å². The Kier molecular flexibility index (Phi) is 3.47. The first-order valence-electron chi connectivity index (χ1n) is 7.35. The van der Waals surface area contributed by atoms with Crippen LogP contribution in [0.25, 0.3) is 0 Å². The van der Waals surface area contributed by atoms with Crippen molar-refractivity contribution >= 4 is 11.9 Å². The largest absolute Gasteiger partial charge is 0.340 e. The van der Waals surface area contributed by atoms with E-state index in [1.807, 2.05) is 0 Å². The molecule has 1 aliphatic carbocycles. The van der Waals surface area contributed by atoms with Crippen molar-refractivity contribution in [2.24, 2.45) is 10.9 Å². The van der Waals surface area contributed by atoms with E-state index in [1.54, 1.807) is 0 Å². The summed E-state index contributed by atoms with van der Waals surface area (Å²) in [5, 5.41) is 5.97. The highest BCUT2D eigenvalue weighted by Crippen LogP contribution is 2.40. The molecule has 1 unspecified atom stereocenters. The predicted molar refractivity (Wildman–Crippen MR) is 79.6 cm³/mol. The van der Waals surface area contributed by atoms with Crippen LogP contribution in [0.15, 0.2) is 29.3 Å². The molecular weight excluding hydrogens is 250 g/mol. The Hall–Kier alpha value is -1.84. The van der Waals surface area contributed by atoms with Gasteiger partial charge in [-0.15, -0.1) is 0 Å². The van der Waals surface area contributed by atoms with Crippen molar-refractivity contribution in [1.29, 1.82) is 0 Å². The molecule has 106 valence electrons. The van der Waals surface area contributed by atoms with Crippen molar-refractivity contribution in [2.45, 2.75) is 38.6 Å². The van der Waals surface area contributed by atoms with E-state index in [-0.39, 0.29) is 11.9 Å². The first kappa shape index (κ1) is 13.2. The molecule has 1 aromatic carbocycles. The van der Waals surface area contributed by atoms with Gasteiger partial charge in [0.15, 0.2) is 5.96 Å². The number of carbonyl (C=O) groups is 1. The van der Waals surface area contributed by atoms with Crippen LogP contribution in [-0.4, -0.2) is 18.4 Å². The fourth-order valence-electron chi connectivity index (χ4n) is 2.40. The second-order valence-corrected chi connectivity index (χ2v) is 6.09. The van der Waals surface area contributed by atoms with E-state index < -0.39 is 0 Å². The van der Waals surface area contributed by atoms with Gasteiger partial charge in [-0.25, -0.2) is 0 Å². The van der Waals surface area contributed by atoms with Crippen molar-refractivity contribution in [3.05, 3.63) is 35.4 Å². The van der Waals surface area contributed by atoms with Gasteiger partial charge in [0.1, 0.15) is 6.04 Å². The van der Waals surface area contributed by atoms with Crippen LogP contribution in [0.2, 0.25) is 0 Å². The summed E-state index contributed by atoms with van der Waals surface area (Å²) >= 11 is 0. The minimum Gasteiger partial charge on any atom is -0.340 e. The monoisotopic (exact) mass is 271 g/mol. The normalized spacial score (nSPS) is 24.1. The lowest BCUT2D eigenvalue weighted by Crippen LogP contribution is -2.26. The van der Waals surface area contributed by atoms with Gasteiger partial charge in [-0.05, 0) is 35.8 Å². The Morgan fingerprint density at radius 1 is 1.20 bits per heavy atom. The molecule has 0 spiro atoms. The van der Waals surface area contributed by atoms with Crippen LogP contribution in [0.3, 0.4) is 0 Å². The van der Waals surface area contributed by atoms with Gasteiger partial charge < -0.3 is 5.32 Å². The van der Waals surface area contributed by atoms with Gasteiger partial charge in [-0.3, -0.25) is 15.1 Å². The van der Waals surface area contributed by atoms with Crippen molar-refractivity contribution in [1.82, 2.24) is 10.6 Å². The first-order chi connectivity index (χ1) is 9.63. The van der Waals surface area contributed by atoms with Crippen LogP contribution >= 0.6 is 0 Å². The van der Waals surface area contributed by atoms with Crippen molar-refractivity contribution in [3.8, 4) is 0 Å². The molecule has 3 rings (SSSR count). The Morgan fingerprint density at radius 2 is 1.85 bits per heavy atom. The van der Waals surface area contributed by atoms with Crippen LogP contribution in [0.5, 0.6) is 0 Å². The van der Waals surface area contributed by atoms with Crippen molar-refractivity contribution in [2.75, 3.05) is 6.54 Å². The maximum absolute atomic E-state index is 12.0. The van der Waals surface area contributed by atoms with E-state index >= 15 is 0 Å². The molecule has 2 aliphatic rings. The Bertz CT molecular complexity index is 529. The zero-order chi connectivity index (χ0) is 14.1. The fraction of sp³-hybridized carbons (Fsp3) is 0.500. The molecule has 0 radical (unpaired) electrons. The van der Waals surface area contributed by atoms with E-state index in [4.69, 9.17) is 0 Å². The zero-order valence-electron chi connectivity index (χ0n) is 12.0. The molecular formula is C16H21N3O. The summed E-state index contributed by atoms with van der Waals surface area (Å²) in [5.74, 6) is 1.81. The molecule has 1 aromatic rings. The number of benzene rings is 1. The molecule has 4 nitrogen and oxygen atoms in total. The molecule has 2 fully saturated rings. The summed E-state index contributed by atoms with van der Waals surface area (Å²) in [6.45, 7) is 4.93. The van der Waals surface area contributed by atoms with E-state index in [0.717, 1.165) is 18.0 Å². The maximum Gasteiger partial charge on any atom is 0.253 e. The summed E-state index contributed by atoms with van der Waals surface area (Å²) in [4.78, 5) is 16.4. The van der Waals surface area contributed by atoms with Crippen molar-refractivity contribution in [3.63, 3.8) is 0 Å². The lowest BCUT2D eigenvalue weighted by Gasteiger charge is -2.09. The molecule has 1 saturated heterocycles. The number of aliphatic imine (C=N–C) groups is 1. The molecule has 1 aliphatic heterocycles. The third-order valence-electron chi connectivity index (χ3n) is 3.72. The number of rotatable bonds is 4. The van der Waals surface area contributed by atoms with Gasteiger partial charge in [-0.2, -0.15) is 0 Å². The number of nitrogens with zero attached hydrogens (tertiary/aromatic N) is 1. The average molecular weight is 271 g/mol. The van der Waals surface area contributed by atoms with E-state index in [1.165, 1.54) is 18.4 Å². The molecule has 1 amide bonds. The fourth-order valence-corrected chi connectivity index (χ4v) is 2.40. The minimum absolute atomic E-state index is 0.0216. The number of guanidine groups is 1. The number of amides is 1. The van der Waals surface area contributed by atoms with Gasteiger partial charge in [0, 0.05) is 6.54 Å². The van der Waals surface area contributed by atoms with Gasteiger partial charge in [0.25, 0.3) is 5.91 Å². The Balaban J connectivity index is 1.70. The van der Waals surface area contributed by atoms with Gasteiger partial charge in [0.05, 0.1) is 0 Å². The minimum atomic E-state index is -0.311. The topological polar surface area (TPSA) is 53.5 Å². The summed E-state index contributed by atoms with van der Waals surface area (Å²) in [6.07, 6.45) is 2.60. The van der Waals surface area contributed by atoms with E-state index in [2.05, 4.69) is 53.7 Å². The third-order valence-corrected chi connectivity index (χ3v) is 3.72. The summed E-state index contributed by atoms with van der Waals surface area (Å²) in [6, 6.07) is 8.08. The van der Waals surface area contributed by atoms with Crippen LogP contribution in [0, 0.1) is 5.92 Å². The molecule has 0 aromatic heterocycles. The van der Waals surface area contributed by atoms with E-state index in [9.17, 15) is 4.79 Å². The standard InChI is InChI=1S/C16H21N3O/c1-10(2)9-17-16-18-14(15(20)19-16)13-7-5-12(6-8-13)11-3-4-11/h5-8,10-11,14H,3-4,9H2,1-2H3,(H2,17,18,19,20). The second-order valence-electron chi connectivity index (χ2n) is 6.09. The molecule has 4 heteroatoms. The number of carbonyl (C=O) groups excluding carboxylic acids is 1. The second kappa shape index (κ2) is 5.27. The third kappa shape index (κ3) is 2.84. The summed E-state index contributed by atoms with van der Waals surface area (Å²) in [5.41, 5.74) is 2.39. The Morgan fingerprint density at radius 3 is 2.45 bits per heavy atom. The zero-order valence-corrected chi connectivity index (χ0v) is 12.0. The molecule has 1 heterocycles. The van der Waals surface area contributed by atoms with Crippen LogP contribution < -0.4 is 10.6 Å². The summed E-state index contributed by atoms with van der Waals surface area (Å²) in [7, 11) is 0. The highest BCUT2D eigenvalue weighted by molar-refractivity contribution is 6.06. The lowest BCUT2D eigenvalue weighted by molar-refractivity contribution is -0.120. The van der Waals surface area contributed by atoms with E-state index in [0.29, 0.717) is 11.9 Å². The number of nitrogens with one attached hydrogen (secondary N) is 2. The number of hydrogen-bond donors (Lipinski definition) is 2. The maximum atomic E-state index is 12.0. The van der Waals surface area contributed by atoms with Gasteiger partial charge in [0.2, 0.25) is 0 Å². The lowest BCUT2D eigenvalue weighted by atomic mass is 10.0. The predicted octanol–water partition coefficient (Wildman–Crippen LogP) is 2.34. The average Bonchev–Trinajstić information content (AvgIpc) is 3.21. The molecule has 1 atom stereocenters.